The molecule has 18 heavy (non-hydrogen) atoms. The molecule has 0 saturated carbocycles. The molecule has 1 unspecified atom stereocenters. The fourth-order valence-corrected chi connectivity index (χ4v) is 15.4. The third-order valence-corrected chi connectivity index (χ3v) is 18.3. The molecule has 0 spiro atoms. The van der Waals surface area contributed by atoms with Crippen molar-refractivity contribution < 1.29 is 4.79 Å². The van der Waals surface area contributed by atoms with Crippen molar-refractivity contribution in [1.29, 1.82) is 0 Å². The van der Waals surface area contributed by atoms with Gasteiger partial charge in [-0.05, 0) is 0 Å². The number of hydrogen-bond donors (Lipinski definition) is 1. The first-order valence-corrected chi connectivity index (χ1v) is 13.9. The van der Waals surface area contributed by atoms with Crippen molar-refractivity contribution in [1.82, 2.24) is 3.86 Å². The van der Waals surface area contributed by atoms with Gasteiger partial charge in [-0.1, -0.05) is 0 Å². The van der Waals surface area contributed by atoms with Crippen molar-refractivity contribution in [2.24, 2.45) is 5.73 Å². The molecule has 1 heterocycles. The number of nitrogens with zero attached hydrogens (tertiary/aromatic N) is 1. The summed E-state index contributed by atoms with van der Waals surface area (Å²) in [7, 11) is 2.12. The fraction of sp³-hybridized carbons (Fsp3) is 0.462. The van der Waals surface area contributed by atoms with Crippen LogP contribution >= 0.6 is 10.1 Å². The first-order chi connectivity index (χ1) is 8.52. The SMILES string of the molecule is Cc1cc[c]([Ge]2([CH3])[S]CC[N]2CCC(N)=O)cc1. The first-order valence-electron chi connectivity index (χ1n) is 6.27. The van der Waals surface area contributed by atoms with Gasteiger partial charge in [-0.25, -0.2) is 0 Å². The minimum atomic E-state index is -2.20. The third-order valence-electron chi connectivity index (χ3n) is 3.56. The molecule has 1 aromatic carbocycles. The van der Waals surface area contributed by atoms with Gasteiger partial charge in [0.2, 0.25) is 0 Å². The molecule has 0 bridgehead atoms. The van der Waals surface area contributed by atoms with Crippen LogP contribution in [0.5, 0.6) is 0 Å². The Balaban J connectivity index is 2.17. The number of carbonyl (C=O) groups is 1. The van der Waals surface area contributed by atoms with E-state index in [4.69, 9.17) is 5.73 Å². The van der Waals surface area contributed by atoms with Crippen LogP contribution in [0.3, 0.4) is 0 Å². The predicted molar refractivity (Wildman–Crippen MR) is 80.3 cm³/mol. The summed E-state index contributed by atoms with van der Waals surface area (Å²) < 4.78 is 4.03. The maximum absolute atomic E-state index is 11.0. The van der Waals surface area contributed by atoms with E-state index in [0.29, 0.717) is 6.42 Å². The van der Waals surface area contributed by atoms with Crippen LogP contribution in [0.25, 0.3) is 0 Å². The molecule has 0 aliphatic carbocycles. The van der Waals surface area contributed by atoms with E-state index in [0.717, 1.165) is 13.1 Å². The van der Waals surface area contributed by atoms with E-state index in [1.165, 1.54) is 15.7 Å². The molecule has 3 nitrogen and oxygen atoms in total. The number of nitrogens with two attached hydrogens (primary N) is 1. The zero-order valence-electron chi connectivity index (χ0n) is 11.0. The number of rotatable bonds is 4. The van der Waals surface area contributed by atoms with Gasteiger partial charge in [0.25, 0.3) is 0 Å². The van der Waals surface area contributed by atoms with E-state index < -0.39 is 12.3 Å². The van der Waals surface area contributed by atoms with Crippen molar-refractivity contribution in [3.63, 3.8) is 0 Å². The van der Waals surface area contributed by atoms with Crippen LogP contribution in [0.1, 0.15) is 12.0 Å². The van der Waals surface area contributed by atoms with Crippen molar-refractivity contribution in [2.45, 2.75) is 19.1 Å². The molecule has 5 heteroatoms. The van der Waals surface area contributed by atoms with E-state index in [9.17, 15) is 4.79 Å². The second-order valence-corrected chi connectivity index (χ2v) is 18.2. The van der Waals surface area contributed by atoms with Crippen molar-refractivity contribution in [3.8, 4) is 0 Å². The van der Waals surface area contributed by atoms with Crippen molar-refractivity contribution in [3.05, 3.63) is 29.8 Å². The Morgan fingerprint density at radius 2 is 2.11 bits per heavy atom. The zero-order chi connectivity index (χ0) is 13.2. The van der Waals surface area contributed by atoms with E-state index in [1.54, 1.807) is 0 Å². The summed E-state index contributed by atoms with van der Waals surface area (Å²) in [5.74, 6) is 3.41. The standard InChI is InChI=1S/C13H20GeN2OS/c1-11-3-5-12(6-4-11)14(2)16(9-10-18-14)8-7-13(15)17/h3-6H,7-10H2,1-2H3,(H2,15,17). The molecule has 1 fully saturated rings. The summed E-state index contributed by atoms with van der Waals surface area (Å²) in [5, 5.41) is 0. The van der Waals surface area contributed by atoms with Crippen LogP contribution in [0.2, 0.25) is 5.76 Å². The summed E-state index contributed by atoms with van der Waals surface area (Å²) in [5.41, 5.74) is 6.57. The number of primary amides is 1. The second-order valence-electron chi connectivity index (χ2n) is 4.90. The molecule has 2 N–H and O–H groups in total. The molecule has 98 valence electrons. The Kier molecular flexibility index (Phi) is 4.40. The summed E-state index contributed by atoms with van der Waals surface area (Å²) in [6.07, 6.45) is 0.479. The molecular formula is C13H20GeN2OS. The van der Waals surface area contributed by atoms with E-state index >= 15 is 0 Å². The van der Waals surface area contributed by atoms with Crippen LogP contribution in [0.4, 0.5) is 0 Å². The van der Waals surface area contributed by atoms with Gasteiger partial charge < -0.3 is 0 Å². The monoisotopic (exact) mass is 326 g/mol. The molecule has 0 aromatic heterocycles. The Labute approximate surface area is 115 Å². The van der Waals surface area contributed by atoms with E-state index in [1.807, 2.05) is 0 Å². The minimum absolute atomic E-state index is 0.194. The topological polar surface area (TPSA) is 46.3 Å². The number of carbonyl (C=O) groups excluding carboxylic acids is 1. The van der Waals surface area contributed by atoms with Gasteiger partial charge in [0, 0.05) is 0 Å². The third kappa shape index (κ3) is 2.92. The molecule has 1 aliphatic heterocycles. The summed E-state index contributed by atoms with van der Waals surface area (Å²) >= 11 is -2.20. The Hall–Kier alpha value is -0.457. The maximum atomic E-state index is 11.0. The Bertz CT molecular complexity index is 437. The number of amides is 1. The van der Waals surface area contributed by atoms with Crippen molar-refractivity contribution in [2.75, 3.05) is 18.8 Å². The van der Waals surface area contributed by atoms with Crippen LogP contribution < -0.4 is 10.1 Å². The molecule has 1 amide bonds. The van der Waals surface area contributed by atoms with E-state index in [-0.39, 0.29) is 5.91 Å². The number of benzene rings is 1. The van der Waals surface area contributed by atoms with Gasteiger partial charge in [-0.15, -0.1) is 0 Å². The molecular weight excluding hydrogens is 305 g/mol. The van der Waals surface area contributed by atoms with Gasteiger partial charge in [0.05, 0.1) is 0 Å². The number of aryl methyl sites for hydroxylation is 1. The van der Waals surface area contributed by atoms with Gasteiger partial charge >= 0.3 is 115 Å². The van der Waals surface area contributed by atoms with Crippen LogP contribution in [-0.4, -0.2) is 41.0 Å². The fourth-order valence-electron chi connectivity index (χ4n) is 2.36. The Morgan fingerprint density at radius 3 is 2.72 bits per heavy atom. The average Bonchev–Trinajstić information content (AvgIpc) is 2.70. The molecule has 0 radical (unpaired) electrons. The molecule has 1 saturated heterocycles. The summed E-state index contributed by atoms with van der Waals surface area (Å²) in [6, 6.07) is 8.92. The Morgan fingerprint density at radius 1 is 1.44 bits per heavy atom. The second kappa shape index (κ2) is 5.67. The molecule has 1 aliphatic rings. The number of hydrogen-bond acceptors (Lipinski definition) is 3. The first kappa shape index (κ1) is 14.0. The molecule has 2 rings (SSSR count). The van der Waals surface area contributed by atoms with Gasteiger partial charge in [0.1, 0.15) is 0 Å². The predicted octanol–water partition coefficient (Wildman–Crippen LogP) is 1.20. The van der Waals surface area contributed by atoms with Gasteiger partial charge in [0.15, 0.2) is 0 Å². The molecule has 1 aromatic rings. The van der Waals surface area contributed by atoms with Crippen LogP contribution in [0.15, 0.2) is 24.3 Å². The summed E-state index contributed by atoms with van der Waals surface area (Å²) in [6.45, 7) is 4.04. The van der Waals surface area contributed by atoms with Crippen LogP contribution in [0, 0.1) is 6.92 Å². The quantitative estimate of drug-likeness (QED) is 0.847. The normalized spacial score (nSPS) is 24.3. The zero-order valence-corrected chi connectivity index (χ0v) is 13.9. The average molecular weight is 325 g/mol. The van der Waals surface area contributed by atoms with Crippen LogP contribution in [-0.2, 0) is 4.79 Å². The van der Waals surface area contributed by atoms with Gasteiger partial charge in [-0.3, -0.25) is 0 Å². The van der Waals surface area contributed by atoms with Crippen molar-refractivity contribution >= 4 is 32.7 Å². The summed E-state index contributed by atoms with van der Waals surface area (Å²) in [4.78, 5) is 11.0. The van der Waals surface area contributed by atoms with Gasteiger partial charge in [-0.2, -0.15) is 0 Å². The molecule has 1 atom stereocenters. The van der Waals surface area contributed by atoms with E-state index in [2.05, 4.69) is 50.9 Å².